The number of anilines is 1. The third-order valence-electron chi connectivity index (χ3n) is 6.64. The van der Waals surface area contributed by atoms with Crippen molar-refractivity contribution in [2.45, 2.75) is 19.3 Å². The van der Waals surface area contributed by atoms with Crippen LogP contribution in [0.3, 0.4) is 0 Å². The summed E-state index contributed by atoms with van der Waals surface area (Å²) in [7, 11) is 0. The molecule has 0 amide bonds. The van der Waals surface area contributed by atoms with Crippen molar-refractivity contribution >= 4 is 17.2 Å². The molecule has 0 spiro atoms. The number of aromatic nitrogens is 3. The smallest absolute Gasteiger partial charge is 0.180 e. The molecule has 2 heterocycles. The Morgan fingerprint density at radius 3 is 2.38 bits per heavy atom. The molecule has 184 valence electrons. The third-order valence-corrected chi connectivity index (χ3v) is 6.64. The predicted octanol–water partition coefficient (Wildman–Crippen LogP) is 6.54. The minimum atomic E-state index is 0.229. The first-order valence-electron chi connectivity index (χ1n) is 12.7. The second kappa shape index (κ2) is 10.3. The molecule has 6 heteroatoms. The number of ketones is 1. The standard InChI is InChI=1S/C31H28N4O2/c36-29(19-22-11-12-22)25-15-13-24(14-16-25)28-20-33-31-30(32-17-18-37-26-9-5-2-6-10-26)34-27(21-35(28)31)23-7-3-1-4-8-23/h1-10,13-16,20-22H,11-12,17-19H2,(H,32,34). The van der Waals surface area contributed by atoms with E-state index in [1.54, 1.807) is 0 Å². The summed E-state index contributed by atoms with van der Waals surface area (Å²) in [5.41, 5.74) is 5.32. The van der Waals surface area contributed by atoms with Crippen LogP contribution in [0.1, 0.15) is 29.6 Å². The van der Waals surface area contributed by atoms with Gasteiger partial charge in [0.15, 0.2) is 17.2 Å². The van der Waals surface area contributed by atoms with Gasteiger partial charge in [-0.1, -0.05) is 72.8 Å². The number of imidazole rings is 1. The van der Waals surface area contributed by atoms with Gasteiger partial charge in [-0.15, -0.1) is 0 Å². The molecule has 2 aromatic heterocycles. The highest BCUT2D eigenvalue weighted by Gasteiger charge is 2.25. The number of Topliss-reactive ketones (excluding diaryl/α,β-unsaturated/α-hetero) is 1. The number of carbonyl (C=O) groups is 1. The van der Waals surface area contributed by atoms with E-state index in [1.165, 1.54) is 12.8 Å². The minimum Gasteiger partial charge on any atom is -0.492 e. The van der Waals surface area contributed by atoms with E-state index in [0.29, 0.717) is 31.3 Å². The monoisotopic (exact) mass is 488 g/mol. The van der Waals surface area contributed by atoms with Gasteiger partial charge in [-0.3, -0.25) is 9.20 Å². The lowest BCUT2D eigenvalue weighted by atomic mass is 10.0. The molecule has 0 atom stereocenters. The number of ether oxygens (including phenoxy) is 1. The molecule has 0 bridgehead atoms. The Kier molecular flexibility index (Phi) is 6.38. The Hall–Kier alpha value is -4.45. The van der Waals surface area contributed by atoms with E-state index >= 15 is 0 Å². The highest BCUT2D eigenvalue weighted by Crippen LogP contribution is 2.34. The number of para-hydroxylation sites is 1. The maximum atomic E-state index is 12.5. The Labute approximate surface area is 216 Å². The first kappa shape index (κ1) is 23.0. The van der Waals surface area contributed by atoms with Gasteiger partial charge < -0.3 is 10.1 Å². The van der Waals surface area contributed by atoms with Crippen LogP contribution in [-0.4, -0.2) is 33.3 Å². The van der Waals surface area contributed by atoms with Crippen molar-refractivity contribution in [1.29, 1.82) is 0 Å². The van der Waals surface area contributed by atoms with Crippen LogP contribution in [-0.2, 0) is 0 Å². The largest absolute Gasteiger partial charge is 0.492 e. The first-order valence-corrected chi connectivity index (χ1v) is 12.7. The maximum Gasteiger partial charge on any atom is 0.180 e. The number of hydrogen-bond donors (Lipinski definition) is 1. The van der Waals surface area contributed by atoms with Crippen molar-refractivity contribution in [3.05, 3.63) is 103 Å². The molecular weight excluding hydrogens is 460 g/mol. The summed E-state index contributed by atoms with van der Waals surface area (Å²) in [6, 6.07) is 27.8. The van der Waals surface area contributed by atoms with Gasteiger partial charge in [0, 0.05) is 29.3 Å². The lowest BCUT2D eigenvalue weighted by Gasteiger charge is -2.12. The highest BCUT2D eigenvalue weighted by molar-refractivity contribution is 5.96. The number of fused-ring (bicyclic) bond motifs is 1. The van der Waals surface area contributed by atoms with Crippen LogP contribution in [0.15, 0.2) is 97.3 Å². The summed E-state index contributed by atoms with van der Waals surface area (Å²) in [5.74, 6) is 2.34. The molecule has 0 unspecified atom stereocenters. The fourth-order valence-corrected chi connectivity index (χ4v) is 4.45. The fourth-order valence-electron chi connectivity index (χ4n) is 4.45. The van der Waals surface area contributed by atoms with Crippen LogP contribution in [0.2, 0.25) is 0 Å². The third kappa shape index (κ3) is 5.23. The molecule has 1 saturated carbocycles. The average Bonchev–Trinajstić information content (AvgIpc) is 3.66. The van der Waals surface area contributed by atoms with Gasteiger partial charge in [-0.2, -0.15) is 0 Å². The molecule has 6 rings (SSSR count). The van der Waals surface area contributed by atoms with Crippen LogP contribution in [0.25, 0.3) is 28.2 Å². The zero-order valence-corrected chi connectivity index (χ0v) is 20.5. The van der Waals surface area contributed by atoms with Gasteiger partial charge in [0.25, 0.3) is 0 Å². The fraction of sp³-hybridized carbons (Fsp3) is 0.194. The summed E-state index contributed by atoms with van der Waals surface area (Å²) in [6.07, 6.45) is 6.89. The van der Waals surface area contributed by atoms with E-state index in [9.17, 15) is 4.79 Å². The Morgan fingerprint density at radius 1 is 0.919 bits per heavy atom. The first-order chi connectivity index (χ1) is 18.2. The number of hydrogen-bond acceptors (Lipinski definition) is 5. The molecule has 1 fully saturated rings. The van der Waals surface area contributed by atoms with Crippen LogP contribution in [0, 0.1) is 5.92 Å². The molecule has 1 N–H and O–H groups in total. The molecular formula is C31H28N4O2. The predicted molar refractivity (Wildman–Crippen MR) is 146 cm³/mol. The summed E-state index contributed by atoms with van der Waals surface area (Å²) in [4.78, 5) is 22.1. The van der Waals surface area contributed by atoms with Gasteiger partial charge in [-0.05, 0) is 30.9 Å². The molecule has 6 nitrogen and oxygen atoms in total. The van der Waals surface area contributed by atoms with E-state index in [0.717, 1.165) is 39.5 Å². The maximum absolute atomic E-state index is 12.5. The SMILES string of the molecule is O=C(CC1CC1)c1ccc(-c2cnc3c(NCCOc4ccccc4)nc(-c4ccccc4)cn23)cc1. The Morgan fingerprint density at radius 2 is 1.65 bits per heavy atom. The van der Waals surface area contributed by atoms with Crippen molar-refractivity contribution in [3.8, 4) is 28.3 Å². The van der Waals surface area contributed by atoms with E-state index in [-0.39, 0.29) is 5.78 Å². The molecule has 0 aliphatic heterocycles. The van der Waals surface area contributed by atoms with Gasteiger partial charge in [0.1, 0.15) is 12.4 Å². The van der Waals surface area contributed by atoms with Gasteiger partial charge >= 0.3 is 0 Å². The number of rotatable bonds is 10. The van der Waals surface area contributed by atoms with Crippen molar-refractivity contribution in [2.75, 3.05) is 18.5 Å². The van der Waals surface area contributed by atoms with Crippen LogP contribution < -0.4 is 10.1 Å². The second-order valence-corrected chi connectivity index (χ2v) is 9.41. The van der Waals surface area contributed by atoms with Crippen LogP contribution >= 0.6 is 0 Å². The zero-order valence-electron chi connectivity index (χ0n) is 20.5. The average molecular weight is 489 g/mol. The van der Waals surface area contributed by atoms with Gasteiger partial charge in [0.2, 0.25) is 0 Å². The van der Waals surface area contributed by atoms with E-state index < -0.39 is 0 Å². The van der Waals surface area contributed by atoms with E-state index in [4.69, 9.17) is 14.7 Å². The minimum absolute atomic E-state index is 0.229. The molecule has 3 aromatic carbocycles. The van der Waals surface area contributed by atoms with Crippen molar-refractivity contribution in [1.82, 2.24) is 14.4 Å². The van der Waals surface area contributed by atoms with Gasteiger partial charge in [0.05, 0.1) is 24.1 Å². The highest BCUT2D eigenvalue weighted by atomic mass is 16.5. The summed E-state index contributed by atoms with van der Waals surface area (Å²) < 4.78 is 7.91. The van der Waals surface area contributed by atoms with Crippen molar-refractivity contribution in [3.63, 3.8) is 0 Å². The quantitative estimate of drug-likeness (QED) is 0.179. The zero-order chi connectivity index (χ0) is 25.0. The number of benzene rings is 3. The van der Waals surface area contributed by atoms with Crippen molar-refractivity contribution in [2.24, 2.45) is 5.92 Å². The second-order valence-electron chi connectivity index (χ2n) is 9.41. The lowest BCUT2D eigenvalue weighted by Crippen LogP contribution is -2.13. The summed E-state index contributed by atoms with van der Waals surface area (Å²) in [5, 5.41) is 3.42. The van der Waals surface area contributed by atoms with Crippen LogP contribution in [0.5, 0.6) is 5.75 Å². The topological polar surface area (TPSA) is 68.5 Å². The number of carbonyl (C=O) groups excluding carboxylic acids is 1. The number of nitrogens with zero attached hydrogens (tertiary/aromatic N) is 3. The van der Waals surface area contributed by atoms with Crippen molar-refractivity contribution < 1.29 is 9.53 Å². The Balaban J connectivity index is 1.29. The molecule has 1 aliphatic rings. The van der Waals surface area contributed by atoms with E-state index in [1.807, 2.05) is 97.3 Å². The normalized spacial score (nSPS) is 13.0. The molecule has 5 aromatic rings. The summed E-state index contributed by atoms with van der Waals surface area (Å²) >= 11 is 0. The van der Waals surface area contributed by atoms with Crippen LogP contribution in [0.4, 0.5) is 5.82 Å². The molecule has 0 saturated heterocycles. The lowest BCUT2D eigenvalue weighted by molar-refractivity contribution is 0.0976. The molecule has 37 heavy (non-hydrogen) atoms. The molecule has 1 aliphatic carbocycles. The molecule has 0 radical (unpaired) electrons. The van der Waals surface area contributed by atoms with Gasteiger partial charge in [-0.25, -0.2) is 9.97 Å². The Bertz CT molecular complexity index is 1510. The summed E-state index contributed by atoms with van der Waals surface area (Å²) in [6.45, 7) is 1.08. The number of nitrogens with one attached hydrogen (secondary N) is 1. The van der Waals surface area contributed by atoms with E-state index in [2.05, 4.69) is 9.72 Å².